The van der Waals surface area contributed by atoms with Crippen molar-refractivity contribution in [1.29, 1.82) is 0 Å². The maximum Gasteiger partial charge on any atom is 0.186 e. The van der Waals surface area contributed by atoms with Crippen LogP contribution >= 0.6 is 11.3 Å². The summed E-state index contributed by atoms with van der Waals surface area (Å²) in [5.74, 6) is 1.04. The zero-order valence-electron chi connectivity index (χ0n) is 17.9. The molecule has 0 saturated heterocycles. The van der Waals surface area contributed by atoms with Crippen LogP contribution < -0.4 is 4.57 Å². The molecular formula is C24H29N2OS+. The number of rotatable bonds is 3. The third-order valence-corrected chi connectivity index (χ3v) is 7.22. The van der Waals surface area contributed by atoms with Gasteiger partial charge in [-0.25, -0.2) is 4.57 Å². The van der Waals surface area contributed by atoms with Gasteiger partial charge < -0.3 is 4.42 Å². The fourth-order valence-corrected chi connectivity index (χ4v) is 5.59. The lowest BCUT2D eigenvalue weighted by atomic mass is 9.87. The number of hydrogen-bond donors (Lipinski definition) is 0. The van der Waals surface area contributed by atoms with Gasteiger partial charge in [-0.15, -0.1) is 11.3 Å². The summed E-state index contributed by atoms with van der Waals surface area (Å²) in [7, 11) is 0. The molecule has 0 aliphatic rings. The van der Waals surface area contributed by atoms with Crippen LogP contribution in [0.3, 0.4) is 0 Å². The van der Waals surface area contributed by atoms with Crippen LogP contribution in [0.15, 0.2) is 41.3 Å². The molecule has 0 bridgehead atoms. The van der Waals surface area contributed by atoms with E-state index in [-0.39, 0.29) is 10.8 Å². The molecule has 4 heteroatoms. The van der Waals surface area contributed by atoms with Crippen LogP contribution in [0.5, 0.6) is 0 Å². The molecule has 0 aliphatic carbocycles. The van der Waals surface area contributed by atoms with E-state index in [1.54, 1.807) is 0 Å². The maximum absolute atomic E-state index is 6.22. The normalized spacial score (nSPS) is 13.0. The topological polar surface area (TPSA) is 29.9 Å². The summed E-state index contributed by atoms with van der Waals surface area (Å²) >= 11 is 1.92. The molecule has 4 aromatic rings. The number of hydrogen-bond acceptors (Lipinski definition) is 3. The first-order valence-electron chi connectivity index (χ1n) is 9.84. The standard InChI is InChI=1S/C24H29N2OS/c1-15-17-8-10-25-12-19(17)27-21(15)24(6,7)14-26-11-9-18-16(2)22(23(3,4)5)28-20(18)13-26/h8-13H,14H2,1-7H3/q+1. The maximum atomic E-state index is 6.22. The van der Waals surface area contributed by atoms with Gasteiger partial charge in [-0.1, -0.05) is 20.8 Å². The minimum atomic E-state index is -0.124. The number of aryl methyl sites for hydroxylation is 2. The highest BCUT2D eigenvalue weighted by molar-refractivity contribution is 7.19. The molecule has 4 rings (SSSR count). The predicted molar refractivity (Wildman–Crippen MR) is 117 cm³/mol. The smallest absolute Gasteiger partial charge is 0.186 e. The van der Waals surface area contributed by atoms with Crippen molar-refractivity contribution < 1.29 is 8.98 Å². The molecule has 0 unspecified atom stereocenters. The Morgan fingerprint density at radius 3 is 2.46 bits per heavy atom. The summed E-state index contributed by atoms with van der Waals surface area (Å²) in [6, 6.07) is 4.30. The average molecular weight is 394 g/mol. The van der Waals surface area contributed by atoms with Crippen LogP contribution in [0.4, 0.5) is 0 Å². The number of thiophene rings is 1. The lowest BCUT2D eigenvalue weighted by molar-refractivity contribution is -0.703. The van der Waals surface area contributed by atoms with Crippen molar-refractivity contribution in [2.24, 2.45) is 0 Å². The summed E-state index contributed by atoms with van der Waals surface area (Å²) in [5, 5.41) is 2.53. The zero-order chi connectivity index (χ0) is 20.3. The molecule has 0 spiro atoms. The van der Waals surface area contributed by atoms with Crippen LogP contribution in [0.25, 0.3) is 21.1 Å². The third-order valence-electron chi connectivity index (χ3n) is 5.55. The first-order chi connectivity index (χ1) is 13.1. The van der Waals surface area contributed by atoms with Crippen molar-refractivity contribution in [3.8, 4) is 0 Å². The van der Waals surface area contributed by atoms with Gasteiger partial charge >= 0.3 is 0 Å². The monoisotopic (exact) mass is 393 g/mol. The molecule has 0 aliphatic heterocycles. The predicted octanol–water partition coefficient (Wildman–Crippen LogP) is 6.22. The van der Waals surface area contributed by atoms with Crippen molar-refractivity contribution in [1.82, 2.24) is 4.98 Å². The van der Waals surface area contributed by atoms with Gasteiger partial charge in [0.2, 0.25) is 0 Å². The minimum absolute atomic E-state index is 0.124. The second kappa shape index (κ2) is 6.41. The molecular weight excluding hydrogens is 364 g/mol. The van der Waals surface area contributed by atoms with Gasteiger partial charge in [0.05, 0.1) is 16.3 Å². The number of aromatic nitrogens is 2. The average Bonchev–Trinajstić information content (AvgIpc) is 3.13. The fraction of sp³-hybridized carbons (Fsp3) is 0.417. The molecule has 0 radical (unpaired) electrons. The van der Waals surface area contributed by atoms with E-state index in [2.05, 4.69) is 76.5 Å². The van der Waals surface area contributed by atoms with Gasteiger partial charge in [0, 0.05) is 27.9 Å². The summed E-state index contributed by atoms with van der Waals surface area (Å²) in [6.07, 6.45) is 8.14. The summed E-state index contributed by atoms with van der Waals surface area (Å²) in [5.41, 5.74) is 3.55. The molecule has 4 heterocycles. The molecule has 28 heavy (non-hydrogen) atoms. The highest BCUT2D eigenvalue weighted by Gasteiger charge is 2.32. The largest absolute Gasteiger partial charge is 0.458 e. The Kier molecular flexibility index (Phi) is 4.38. The lowest BCUT2D eigenvalue weighted by Crippen LogP contribution is -2.42. The van der Waals surface area contributed by atoms with Gasteiger partial charge in [0.25, 0.3) is 0 Å². The van der Waals surface area contributed by atoms with E-state index in [1.807, 2.05) is 29.8 Å². The number of furan rings is 1. The molecule has 146 valence electrons. The van der Waals surface area contributed by atoms with Gasteiger partial charge in [0.1, 0.15) is 5.76 Å². The summed E-state index contributed by atoms with van der Waals surface area (Å²) in [6.45, 7) is 16.6. The Hall–Kier alpha value is -2.20. The fourth-order valence-electron chi connectivity index (χ4n) is 4.28. The van der Waals surface area contributed by atoms with E-state index in [1.165, 1.54) is 26.1 Å². The highest BCUT2D eigenvalue weighted by atomic mass is 32.1. The van der Waals surface area contributed by atoms with Crippen LogP contribution in [0.1, 0.15) is 56.4 Å². The number of nitrogens with zero attached hydrogens (tertiary/aromatic N) is 2. The third kappa shape index (κ3) is 3.14. The van der Waals surface area contributed by atoms with E-state index < -0.39 is 0 Å². The summed E-state index contributed by atoms with van der Waals surface area (Å²) < 4.78 is 9.87. The van der Waals surface area contributed by atoms with Crippen molar-refractivity contribution in [2.45, 2.75) is 65.8 Å². The molecule has 0 N–H and O–H groups in total. The minimum Gasteiger partial charge on any atom is -0.458 e. The Morgan fingerprint density at radius 2 is 1.79 bits per heavy atom. The Morgan fingerprint density at radius 1 is 1.04 bits per heavy atom. The lowest BCUT2D eigenvalue weighted by Gasteiger charge is -2.19. The van der Waals surface area contributed by atoms with Crippen molar-refractivity contribution in [2.75, 3.05) is 0 Å². The highest BCUT2D eigenvalue weighted by Crippen LogP contribution is 2.38. The second-order valence-corrected chi connectivity index (χ2v) is 10.6. The van der Waals surface area contributed by atoms with Crippen molar-refractivity contribution >= 4 is 32.4 Å². The Labute approximate surface area is 171 Å². The van der Waals surface area contributed by atoms with Gasteiger partial charge in [-0.3, -0.25) is 4.98 Å². The van der Waals surface area contributed by atoms with Crippen molar-refractivity contribution in [3.63, 3.8) is 0 Å². The molecule has 0 fully saturated rings. The SMILES string of the molecule is Cc1c(C(C)(C)C[n+]2ccc3c(C)c(C(C)(C)C)sc3c2)oc2cnccc12. The van der Waals surface area contributed by atoms with Crippen molar-refractivity contribution in [3.05, 3.63) is 58.7 Å². The number of fused-ring (bicyclic) bond motifs is 2. The Bertz CT molecular complexity index is 1170. The van der Waals surface area contributed by atoms with E-state index in [0.29, 0.717) is 0 Å². The number of pyridine rings is 2. The van der Waals surface area contributed by atoms with E-state index in [4.69, 9.17) is 4.42 Å². The molecule has 0 aromatic carbocycles. The van der Waals surface area contributed by atoms with Crippen LogP contribution in [-0.2, 0) is 17.4 Å². The summed E-state index contributed by atoms with van der Waals surface area (Å²) in [4.78, 5) is 5.67. The Balaban J connectivity index is 1.73. The van der Waals surface area contributed by atoms with Crippen LogP contribution in [-0.4, -0.2) is 4.98 Å². The van der Waals surface area contributed by atoms with Crippen LogP contribution in [0.2, 0.25) is 0 Å². The van der Waals surface area contributed by atoms with Crippen LogP contribution in [0, 0.1) is 13.8 Å². The molecule has 3 nitrogen and oxygen atoms in total. The zero-order valence-corrected chi connectivity index (χ0v) is 18.7. The van der Waals surface area contributed by atoms with E-state index in [9.17, 15) is 0 Å². The second-order valence-electron chi connectivity index (χ2n) is 9.51. The molecule has 4 aromatic heterocycles. The molecule has 0 atom stereocenters. The quantitative estimate of drug-likeness (QED) is 0.387. The van der Waals surface area contributed by atoms with Gasteiger partial charge in [-0.05, 0) is 50.3 Å². The van der Waals surface area contributed by atoms with Gasteiger partial charge in [-0.2, -0.15) is 0 Å². The molecule has 0 saturated carbocycles. The first kappa shape index (κ1) is 19.1. The first-order valence-corrected chi connectivity index (χ1v) is 10.7. The van der Waals surface area contributed by atoms with E-state index >= 15 is 0 Å². The van der Waals surface area contributed by atoms with Gasteiger partial charge in [0.15, 0.2) is 24.5 Å². The van der Waals surface area contributed by atoms with E-state index in [0.717, 1.165) is 23.3 Å². The molecule has 0 amide bonds.